The van der Waals surface area contributed by atoms with Crippen LogP contribution in [-0.4, -0.2) is 56.7 Å². The maximum absolute atomic E-state index is 13.2. The summed E-state index contributed by atoms with van der Waals surface area (Å²) < 4.78 is 32.4. The summed E-state index contributed by atoms with van der Waals surface area (Å²) in [5, 5.41) is 0. The van der Waals surface area contributed by atoms with Gasteiger partial charge in [0.25, 0.3) is 0 Å². The number of hydrogen-bond donors (Lipinski definition) is 0. The lowest BCUT2D eigenvalue weighted by Crippen LogP contribution is -2.44. The molecule has 0 spiro atoms. The Kier molecular flexibility index (Phi) is 7.12. The molecule has 8 heteroatoms. The van der Waals surface area contributed by atoms with Gasteiger partial charge in [0.2, 0.25) is 15.9 Å². The molecule has 31 heavy (non-hydrogen) atoms. The summed E-state index contributed by atoms with van der Waals surface area (Å²) in [7, 11) is -0.863. The lowest BCUT2D eigenvalue weighted by atomic mass is 9.95. The first-order chi connectivity index (χ1) is 14.8. The first-order valence-electron chi connectivity index (χ1n) is 10.3. The van der Waals surface area contributed by atoms with Crippen LogP contribution >= 0.6 is 0 Å². The molecule has 2 aromatic carbocycles. The van der Waals surface area contributed by atoms with Crippen molar-refractivity contribution in [2.24, 2.45) is 5.92 Å². The van der Waals surface area contributed by atoms with Crippen LogP contribution in [0.5, 0.6) is 0 Å². The Bertz CT molecular complexity index is 1030. The number of amides is 1. The van der Waals surface area contributed by atoms with Crippen LogP contribution in [0.1, 0.15) is 41.7 Å². The number of hydrogen-bond acceptors (Lipinski definition) is 5. The SMILES string of the molecule is COC(=O)c1ccccc1S(=O)(=O)N1CCC(C(=O)N(C)[C@H](C)c2ccccc2)CC1. The summed E-state index contributed by atoms with van der Waals surface area (Å²) in [6.45, 7) is 2.43. The molecule has 1 fully saturated rings. The van der Waals surface area contributed by atoms with Crippen LogP contribution < -0.4 is 0 Å². The number of carbonyl (C=O) groups excluding carboxylic acids is 2. The number of sulfonamides is 1. The molecule has 0 unspecified atom stereocenters. The molecule has 166 valence electrons. The lowest BCUT2D eigenvalue weighted by Gasteiger charge is -2.34. The van der Waals surface area contributed by atoms with E-state index in [1.165, 1.54) is 23.5 Å². The zero-order valence-corrected chi connectivity index (χ0v) is 18.8. The molecule has 1 saturated heterocycles. The standard InChI is InChI=1S/C23H28N2O5S/c1-17(18-9-5-4-6-10-18)24(2)22(26)19-13-15-25(16-14-19)31(28,29)21-12-8-7-11-20(21)23(27)30-3/h4-12,17,19H,13-16H2,1-3H3/t17-/m1/s1. The van der Waals surface area contributed by atoms with E-state index in [4.69, 9.17) is 4.74 Å². The molecule has 1 atom stereocenters. The quantitative estimate of drug-likeness (QED) is 0.640. The van der Waals surface area contributed by atoms with E-state index < -0.39 is 16.0 Å². The summed E-state index contributed by atoms with van der Waals surface area (Å²) in [5.74, 6) is -0.914. The molecule has 1 amide bonds. The number of benzene rings is 2. The van der Waals surface area contributed by atoms with E-state index in [0.717, 1.165) is 5.56 Å². The van der Waals surface area contributed by atoms with Gasteiger partial charge in [-0.25, -0.2) is 13.2 Å². The molecular weight excluding hydrogens is 416 g/mol. The van der Waals surface area contributed by atoms with Gasteiger partial charge in [0.15, 0.2) is 0 Å². The second kappa shape index (κ2) is 9.62. The Hall–Kier alpha value is -2.71. The van der Waals surface area contributed by atoms with Gasteiger partial charge in [-0.15, -0.1) is 0 Å². The molecule has 0 radical (unpaired) electrons. The third-order valence-corrected chi connectivity index (χ3v) is 7.88. The summed E-state index contributed by atoms with van der Waals surface area (Å²) in [4.78, 5) is 26.7. The Labute approximate surface area is 183 Å². The minimum Gasteiger partial charge on any atom is -0.465 e. The number of nitrogens with zero attached hydrogens (tertiary/aromatic N) is 2. The molecule has 3 rings (SSSR count). The van der Waals surface area contributed by atoms with Crippen LogP contribution in [0.4, 0.5) is 0 Å². The van der Waals surface area contributed by atoms with Crippen LogP contribution in [0, 0.1) is 5.92 Å². The second-order valence-electron chi connectivity index (χ2n) is 7.70. The van der Waals surface area contributed by atoms with Crippen molar-refractivity contribution >= 4 is 21.9 Å². The van der Waals surface area contributed by atoms with Gasteiger partial charge >= 0.3 is 5.97 Å². The van der Waals surface area contributed by atoms with Gasteiger partial charge in [0.05, 0.1) is 23.6 Å². The molecule has 7 nitrogen and oxygen atoms in total. The van der Waals surface area contributed by atoms with Gasteiger partial charge in [0.1, 0.15) is 0 Å². The van der Waals surface area contributed by atoms with Crippen molar-refractivity contribution in [3.05, 3.63) is 65.7 Å². The molecule has 0 bridgehead atoms. The van der Waals surface area contributed by atoms with Gasteiger partial charge in [-0.2, -0.15) is 4.31 Å². The van der Waals surface area contributed by atoms with E-state index in [0.29, 0.717) is 12.8 Å². The highest BCUT2D eigenvalue weighted by molar-refractivity contribution is 7.89. The minimum absolute atomic E-state index is 0.0135. The number of esters is 1. The first-order valence-corrected chi connectivity index (χ1v) is 11.7. The van der Waals surface area contributed by atoms with E-state index in [1.54, 1.807) is 24.1 Å². The Morgan fingerprint density at radius 3 is 2.23 bits per heavy atom. The predicted octanol–water partition coefficient (Wildman–Crippen LogP) is 3.09. The maximum Gasteiger partial charge on any atom is 0.339 e. The molecule has 0 N–H and O–H groups in total. The third kappa shape index (κ3) is 4.80. The van der Waals surface area contributed by atoms with E-state index in [1.807, 2.05) is 37.3 Å². The molecule has 0 saturated carbocycles. The second-order valence-corrected chi connectivity index (χ2v) is 9.61. The van der Waals surface area contributed by atoms with Gasteiger partial charge in [0, 0.05) is 26.1 Å². The minimum atomic E-state index is -3.87. The van der Waals surface area contributed by atoms with E-state index in [9.17, 15) is 18.0 Å². The van der Waals surface area contributed by atoms with Crippen molar-refractivity contribution < 1.29 is 22.7 Å². The fraction of sp³-hybridized carbons (Fsp3) is 0.391. The number of ether oxygens (including phenoxy) is 1. The topological polar surface area (TPSA) is 84.0 Å². The van der Waals surface area contributed by atoms with E-state index in [-0.39, 0.29) is 41.4 Å². The molecule has 1 aliphatic heterocycles. The van der Waals surface area contributed by atoms with Crippen molar-refractivity contribution in [3.63, 3.8) is 0 Å². The van der Waals surface area contributed by atoms with Gasteiger partial charge in [-0.3, -0.25) is 4.79 Å². The normalized spacial score (nSPS) is 16.5. The number of carbonyl (C=O) groups is 2. The number of rotatable bonds is 6. The van der Waals surface area contributed by atoms with Crippen LogP contribution in [0.2, 0.25) is 0 Å². The average molecular weight is 445 g/mol. The Morgan fingerprint density at radius 1 is 1.03 bits per heavy atom. The van der Waals surface area contributed by atoms with E-state index in [2.05, 4.69) is 0 Å². The lowest BCUT2D eigenvalue weighted by molar-refractivity contribution is -0.137. The number of piperidine rings is 1. The average Bonchev–Trinajstić information content (AvgIpc) is 2.82. The van der Waals surface area contributed by atoms with Gasteiger partial charge in [-0.05, 0) is 37.5 Å². The number of methoxy groups -OCH3 is 1. The zero-order valence-electron chi connectivity index (χ0n) is 18.0. The van der Waals surface area contributed by atoms with Crippen molar-refractivity contribution in [2.75, 3.05) is 27.2 Å². The monoisotopic (exact) mass is 444 g/mol. The van der Waals surface area contributed by atoms with Crippen molar-refractivity contribution in [3.8, 4) is 0 Å². The van der Waals surface area contributed by atoms with Crippen LogP contribution in [0.15, 0.2) is 59.5 Å². The van der Waals surface area contributed by atoms with Crippen LogP contribution in [0.3, 0.4) is 0 Å². The summed E-state index contributed by atoms with van der Waals surface area (Å²) in [6, 6.07) is 15.8. The Morgan fingerprint density at radius 2 is 1.61 bits per heavy atom. The molecule has 1 heterocycles. The van der Waals surface area contributed by atoms with Gasteiger partial charge in [-0.1, -0.05) is 42.5 Å². The smallest absolute Gasteiger partial charge is 0.339 e. The van der Waals surface area contributed by atoms with Crippen molar-refractivity contribution in [1.82, 2.24) is 9.21 Å². The highest BCUT2D eigenvalue weighted by Gasteiger charge is 2.35. The van der Waals surface area contributed by atoms with Gasteiger partial charge < -0.3 is 9.64 Å². The zero-order chi connectivity index (χ0) is 22.6. The van der Waals surface area contributed by atoms with E-state index >= 15 is 0 Å². The fourth-order valence-electron chi connectivity index (χ4n) is 3.89. The van der Waals surface area contributed by atoms with Crippen molar-refractivity contribution in [2.45, 2.75) is 30.7 Å². The molecule has 0 aliphatic carbocycles. The fourth-order valence-corrected chi connectivity index (χ4v) is 5.54. The van der Waals surface area contributed by atoms with Crippen LogP contribution in [-0.2, 0) is 19.6 Å². The highest BCUT2D eigenvalue weighted by atomic mass is 32.2. The third-order valence-electron chi connectivity index (χ3n) is 5.92. The summed E-state index contributed by atoms with van der Waals surface area (Å²) in [5.41, 5.74) is 1.07. The predicted molar refractivity (Wildman–Crippen MR) is 117 cm³/mol. The van der Waals surface area contributed by atoms with Crippen molar-refractivity contribution in [1.29, 1.82) is 0 Å². The Balaban J connectivity index is 1.69. The largest absolute Gasteiger partial charge is 0.465 e. The molecular formula is C23H28N2O5S. The summed E-state index contributed by atoms with van der Waals surface area (Å²) >= 11 is 0. The first kappa shape index (κ1) is 23.0. The maximum atomic E-state index is 13.2. The highest BCUT2D eigenvalue weighted by Crippen LogP contribution is 2.29. The molecule has 1 aliphatic rings. The molecule has 2 aromatic rings. The van der Waals surface area contributed by atoms with Crippen LogP contribution in [0.25, 0.3) is 0 Å². The molecule has 0 aromatic heterocycles. The summed E-state index contributed by atoms with van der Waals surface area (Å²) in [6.07, 6.45) is 0.870.